The SMILES string of the molecule is Cc1c(Cl)cccc1NC(=O)CSc1nnc(COc2ccccc2)n1CCC(C)C. The molecule has 0 fully saturated rings. The molecule has 0 unspecified atom stereocenters. The van der Waals surface area contributed by atoms with Crippen LogP contribution in [0.25, 0.3) is 0 Å². The van der Waals surface area contributed by atoms with Crippen LogP contribution in [0.5, 0.6) is 5.75 Å². The quantitative estimate of drug-likeness (QED) is 0.401. The zero-order valence-corrected chi connectivity index (χ0v) is 19.5. The van der Waals surface area contributed by atoms with Gasteiger partial charge in [0.1, 0.15) is 12.4 Å². The van der Waals surface area contributed by atoms with Crippen LogP contribution in [-0.4, -0.2) is 26.4 Å². The molecule has 0 saturated carbocycles. The lowest BCUT2D eigenvalue weighted by molar-refractivity contribution is -0.113. The Balaban J connectivity index is 1.65. The van der Waals surface area contributed by atoms with Crippen molar-refractivity contribution in [3.8, 4) is 5.75 Å². The third kappa shape index (κ3) is 6.74. The van der Waals surface area contributed by atoms with E-state index in [1.807, 2.05) is 54.0 Å². The van der Waals surface area contributed by atoms with Crippen molar-refractivity contribution in [3.63, 3.8) is 0 Å². The number of benzene rings is 2. The monoisotopic (exact) mass is 458 g/mol. The van der Waals surface area contributed by atoms with Gasteiger partial charge < -0.3 is 14.6 Å². The second kappa shape index (κ2) is 11.2. The van der Waals surface area contributed by atoms with Crippen LogP contribution in [0.4, 0.5) is 5.69 Å². The molecule has 1 amide bonds. The molecule has 31 heavy (non-hydrogen) atoms. The van der Waals surface area contributed by atoms with Gasteiger partial charge in [0.2, 0.25) is 5.91 Å². The number of amides is 1. The largest absolute Gasteiger partial charge is 0.486 e. The fraction of sp³-hybridized carbons (Fsp3) is 0.348. The van der Waals surface area contributed by atoms with Gasteiger partial charge >= 0.3 is 0 Å². The molecule has 8 heteroatoms. The van der Waals surface area contributed by atoms with E-state index in [1.54, 1.807) is 6.07 Å². The number of carbonyl (C=O) groups is 1. The number of thioether (sulfide) groups is 1. The average Bonchev–Trinajstić information content (AvgIpc) is 3.15. The normalized spacial score (nSPS) is 11.0. The number of anilines is 1. The van der Waals surface area contributed by atoms with Crippen LogP contribution in [0.2, 0.25) is 5.02 Å². The summed E-state index contributed by atoms with van der Waals surface area (Å²) in [6.45, 7) is 7.34. The number of halogens is 1. The smallest absolute Gasteiger partial charge is 0.234 e. The van der Waals surface area contributed by atoms with Crippen molar-refractivity contribution in [1.29, 1.82) is 0 Å². The van der Waals surface area contributed by atoms with Crippen molar-refractivity contribution in [3.05, 3.63) is 64.9 Å². The molecule has 0 atom stereocenters. The van der Waals surface area contributed by atoms with Gasteiger partial charge in [-0.15, -0.1) is 10.2 Å². The lowest BCUT2D eigenvalue weighted by atomic mass is 10.1. The Kier molecular flexibility index (Phi) is 8.37. The van der Waals surface area contributed by atoms with Crippen molar-refractivity contribution in [2.24, 2.45) is 5.92 Å². The first-order valence-electron chi connectivity index (χ1n) is 10.2. The van der Waals surface area contributed by atoms with Crippen LogP contribution in [-0.2, 0) is 17.9 Å². The molecule has 0 radical (unpaired) electrons. The lowest BCUT2D eigenvalue weighted by Gasteiger charge is -2.13. The number of ether oxygens (including phenoxy) is 1. The Morgan fingerprint density at radius 3 is 2.68 bits per heavy atom. The Labute approximate surface area is 192 Å². The van der Waals surface area contributed by atoms with E-state index in [-0.39, 0.29) is 11.7 Å². The Bertz CT molecular complexity index is 1010. The van der Waals surface area contributed by atoms with Crippen molar-refractivity contribution in [2.75, 3.05) is 11.1 Å². The maximum Gasteiger partial charge on any atom is 0.234 e. The highest BCUT2D eigenvalue weighted by atomic mass is 35.5. The fourth-order valence-electron chi connectivity index (χ4n) is 2.87. The van der Waals surface area contributed by atoms with Gasteiger partial charge in [-0.05, 0) is 49.1 Å². The van der Waals surface area contributed by atoms with Gasteiger partial charge in [0.15, 0.2) is 11.0 Å². The van der Waals surface area contributed by atoms with E-state index >= 15 is 0 Å². The molecule has 0 saturated heterocycles. The summed E-state index contributed by atoms with van der Waals surface area (Å²) in [5.74, 6) is 2.18. The van der Waals surface area contributed by atoms with Gasteiger partial charge in [0.25, 0.3) is 0 Å². The van der Waals surface area contributed by atoms with Crippen LogP contribution in [0, 0.1) is 12.8 Å². The predicted octanol–water partition coefficient (Wildman–Crippen LogP) is 5.60. The molecule has 1 aromatic heterocycles. The minimum atomic E-state index is -0.115. The van der Waals surface area contributed by atoms with Gasteiger partial charge in [-0.2, -0.15) is 0 Å². The fourth-order valence-corrected chi connectivity index (χ4v) is 3.83. The molecule has 0 aliphatic carbocycles. The highest BCUT2D eigenvalue weighted by Crippen LogP contribution is 2.24. The minimum absolute atomic E-state index is 0.115. The molecular formula is C23H27ClN4O2S. The summed E-state index contributed by atoms with van der Waals surface area (Å²) >= 11 is 7.51. The summed E-state index contributed by atoms with van der Waals surface area (Å²) in [5.41, 5.74) is 1.57. The van der Waals surface area contributed by atoms with E-state index in [4.69, 9.17) is 16.3 Å². The number of nitrogens with zero attached hydrogens (tertiary/aromatic N) is 3. The maximum absolute atomic E-state index is 12.5. The van der Waals surface area contributed by atoms with Gasteiger partial charge in [-0.3, -0.25) is 4.79 Å². The molecule has 3 aromatic rings. The van der Waals surface area contributed by atoms with E-state index in [9.17, 15) is 4.79 Å². The van der Waals surface area contributed by atoms with Crippen molar-refractivity contribution in [1.82, 2.24) is 14.8 Å². The van der Waals surface area contributed by atoms with Crippen LogP contribution in [0.1, 0.15) is 31.7 Å². The number of rotatable bonds is 10. The molecule has 0 spiro atoms. The highest BCUT2D eigenvalue weighted by molar-refractivity contribution is 7.99. The Morgan fingerprint density at radius 1 is 1.16 bits per heavy atom. The van der Waals surface area contributed by atoms with E-state index in [1.165, 1.54) is 11.8 Å². The third-order valence-corrected chi connectivity index (χ3v) is 6.09. The van der Waals surface area contributed by atoms with Crippen molar-refractivity contribution >= 4 is 35.0 Å². The Hall–Kier alpha value is -2.51. The standard InChI is InChI=1S/C23H27ClN4O2S/c1-16(2)12-13-28-21(14-30-18-8-5-4-6-9-18)26-27-23(28)31-15-22(29)25-20-11-7-10-19(24)17(20)3/h4-11,16H,12-15H2,1-3H3,(H,25,29). The van der Waals surface area contributed by atoms with Crippen LogP contribution >= 0.6 is 23.4 Å². The summed E-state index contributed by atoms with van der Waals surface area (Å²) < 4.78 is 7.90. The molecule has 0 aliphatic heterocycles. The summed E-state index contributed by atoms with van der Waals surface area (Å²) in [7, 11) is 0. The van der Waals surface area contributed by atoms with Crippen molar-refractivity contribution < 1.29 is 9.53 Å². The van der Waals surface area contributed by atoms with E-state index in [0.717, 1.165) is 35.8 Å². The third-order valence-electron chi connectivity index (χ3n) is 4.71. The van der Waals surface area contributed by atoms with Gasteiger partial charge in [0, 0.05) is 17.3 Å². The van der Waals surface area contributed by atoms with Crippen molar-refractivity contribution in [2.45, 2.75) is 45.5 Å². The summed E-state index contributed by atoms with van der Waals surface area (Å²) in [4.78, 5) is 12.5. The van der Waals surface area contributed by atoms with E-state index < -0.39 is 0 Å². The molecule has 6 nitrogen and oxygen atoms in total. The highest BCUT2D eigenvalue weighted by Gasteiger charge is 2.16. The van der Waals surface area contributed by atoms with E-state index in [0.29, 0.717) is 22.7 Å². The van der Waals surface area contributed by atoms with Crippen LogP contribution in [0.3, 0.4) is 0 Å². The zero-order chi connectivity index (χ0) is 22.2. The van der Waals surface area contributed by atoms with E-state index in [2.05, 4.69) is 29.4 Å². The second-order valence-electron chi connectivity index (χ2n) is 7.58. The molecule has 2 aromatic carbocycles. The first kappa shape index (κ1) is 23.2. The average molecular weight is 459 g/mol. The van der Waals surface area contributed by atoms with Gasteiger partial charge in [0.05, 0.1) is 5.75 Å². The first-order valence-corrected chi connectivity index (χ1v) is 11.6. The van der Waals surface area contributed by atoms with Crippen LogP contribution < -0.4 is 10.1 Å². The minimum Gasteiger partial charge on any atom is -0.486 e. The number of hydrogen-bond donors (Lipinski definition) is 1. The number of hydrogen-bond acceptors (Lipinski definition) is 5. The summed E-state index contributed by atoms with van der Waals surface area (Å²) in [5, 5.41) is 12.9. The molecule has 0 bridgehead atoms. The number of nitrogens with one attached hydrogen (secondary N) is 1. The second-order valence-corrected chi connectivity index (χ2v) is 8.93. The zero-order valence-electron chi connectivity index (χ0n) is 18.0. The molecule has 0 aliphatic rings. The topological polar surface area (TPSA) is 69.0 Å². The van der Waals surface area contributed by atoms with Gasteiger partial charge in [-0.25, -0.2) is 0 Å². The summed E-state index contributed by atoms with van der Waals surface area (Å²) in [6, 6.07) is 15.1. The first-order chi connectivity index (χ1) is 14.9. The predicted molar refractivity (Wildman–Crippen MR) is 126 cm³/mol. The molecular weight excluding hydrogens is 432 g/mol. The molecule has 1 heterocycles. The lowest BCUT2D eigenvalue weighted by Crippen LogP contribution is -2.16. The number of carbonyl (C=O) groups excluding carboxylic acids is 1. The van der Waals surface area contributed by atoms with Crippen LogP contribution in [0.15, 0.2) is 53.7 Å². The molecule has 3 rings (SSSR count). The maximum atomic E-state index is 12.5. The Morgan fingerprint density at radius 2 is 1.94 bits per heavy atom. The molecule has 164 valence electrons. The molecule has 1 N–H and O–H groups in total. The van der Waals surface area contributed by atoms with Gasteiger partial charge in [-0.1, -0.05) is 61.5 Å². The summed E-state index contributed by atoms with van der Waals surface area (Å²) in [6.07, 6.45) is 0.984. The number of aromatic nitrogens is 3. The number of para-hydroxylation sites is 1.